The molecule has 14 rings (SSSR count). The molecular weight excluding hydrogens is 635 g/mol. The Hall–Kier alpha value is -6.72. The number of aromatic nitrogens is 2. The highest BCUT2D eigenvalue weighted by atomic mass is 16.5. The number of ether oxygens (including phenoxy) is 1. The van der Waals surface area contributed by atoms with Gasteiger partial charge in [-0.2, -0.15) is 0 Å². The molecule has 4 nitrogen and oxygen atoms in total. The van der Waals surface area contributed by atoms with Gasteiger partial charge in [-0.1, -0.05) is 103 Å². The second-order valence-electron chi connectivity index (χ2n) is 14.7. The van der Waals surface area contributed by atoms with Gasteiger partial charge in [-0.25, -0.2) is 0 Å². The predicted molar refractivity (Wildman–Crippen MR) is 214 cm³/mol. The van der Waals surface area contributed by atoms with E-state index >= 15 is 0 Å². The van der Waals surface area contributed by atoms with Gasteiger partial charge in [0.2, 0.25) is 0 Å². The molecule has 0 saturated heterocycles. The van der Waals surface area contributed by atoms with Gasteiger partial charge in [0.25, 0.3) is 6.71 Å². The molecule has 0 saturated carbocycles. The molecule has 0 radical (unpaired) electrons. The minimum atomic E-state index is 0.0666. The van der Waals surface area contributed by atoms with Crippen molar-refractivity contribution in [1.82, 2.24) is 9.13 Å². The molecule has 0 amide bonds. The van der Waals surface area contributed by atoms with E-state index in [-0.39, 0.29) is 6.71 Å². The summed E-state index contributed by atoms with van der Waals surface area (Å²) in [6.07, 6.45) is 0. The molecule has 0 atom stereocenters. The van der Waals surface area contributed by atoms with Crippen molar-refractivity contribution in [2.45, 2.75) is 6.61 Å². The molecule has 0 aliphatic carbocycles. The maximum Gasteiger partial charge on any atom is 0.252 e. The van der Waals surface area contributed by atoms with Crippen LogP contribution in [0.3, 0.4) is 0 Å². The zero-order valence-corrected chi connectivity index (χ0v) is 27.8. The van der Waals surface area contributed by atoms with Crippen LogP contribution in [0.15, 0.2) is 144 Å². The smallest absolute Gasteiger partial charge is 0.252 e. The van der Waals surface area contributed by atoms with E-state index in [2.05, 4.69) is 143 Å². The number of furan rings is 1. The highest BCUT2D eigenvalue weighted by Crippen LogP contribution is 2.48. The zero-order valence-electron chi connectivity index (χ0n) is 27.8. The summed E-state index contributed by atoms with van der Waals surface area (Å²) in [5, 5.41) is 9.77. The summed E-state index contributed by atoms with van der Waals surface area (Å²) in [7, 11) is 0. The Labute approximate surface area is 296 Å². The zero-order chi connectivity index (χ0) is 33.4. The molecule has 3 aliphatic heterocycles. The van der Waals surface area contributed by atoms with Crippen LogP contribution in [0.4, 0.5) is 0 Å². The molecule has 6 heterocycles. The van der Waals surface area contributed by atoms with E-state index in [1.807, 2.05) is 6.07 Å². The van der Waals surface area contributed by atoms with E-state index in [1.165, 1.54) is 98.8 Å². The molecule has 0 spiro atoms. The quantitative estimate of drug-likeness (QED) is 0.152. The van der Waals surface area contributed by atoms with Crippen LogP contribution in [-0.2, 0) is 6.61 Å². The standard InChI is InChI=1S/C47H25BN2O2/c1-4-12-28-25(9-1)21-39-43-46(28)50-37-20-19-31-27-11-3-2-10-26(27)24-51-47(31)42(37)32-15-8-17-36(45(32)50)48(43)35-16-7-14-30-33-22-34-29-13-5-6-18-40(29)52-41(34)23-38(33)49(39)44(30)35/h1-23H,24H2. The molecule has 5 heteroatoms. The lowest BCUT2D eigenvalue weighted by molar-refractivity contribution is 0.306. The summed E-state index contributed by atoms with van der Waals surface area (Å²) in [5.74, 6) is 0.988. The summed E-state index contributed by atoms with van der Waals surface area (Å²) in [6.45, 7) is 0.640. The van der Waals surface area contributed by atoms with Crippen molar-refractivity contribution in [1.29, 1.82) is 0 Å². The highest BCUT2D eigenvalue weighted by molar-refractivity contribution is 7.00. The molecule has 3 aliphatic rings. The number of hydrogen-bond donors (Lipinski definition) is 0. The van der Waals surface area contributed by atoms with Crippen LogP contribution < -0.4 is 21.1 Å². The van der Waals surface area contributed by atoms with Crippen LogP contribution >= 0.6 is 0 Å². The maximum absolute atomic E-state index is 6.72. The molecule has 52 heavy (non-hydrogen) atoms. The van der Waals surface area contributed by atoms with Gasteiger partial charge >= 0.3 is 0 Å². The Morgan fingerprint density at radius 1 is 0.519 bits per heavy atom. The Kier molecular flexibility index (Phi) is 4.41. The van der Waals surface area contributed by atoms with Gasteiger partial charge in [0.05, 0.1) is 22.1 Å². The van der Waals surface area contributed by atoms with Crippen molar-refractivity contribution < 1.29 is 9.15 Å². The fourth-order valence-electron chi connectivity index (χ4n) is 10.4. The topological polar surface area (TPSA) is 32.2 Å². The third-order valence-corrected chi connectivity index (χ3v) is 12.3. The Bertz CT molecular complexity index is 3490. The van der Waals surface area contributed by atoms with Crippen molar-refractivity contribution in [3.05, 3.63) is 145 Å². The second kappa shape index (κ2) is 8.77. The molecule has 0 unspecified atom stereocenters. The van der Waals surface area contributed by atoms with Gasteiger partial charge in [0.15, 0.2) is 0 Å². The Morgan fingerprint density at radius 2 is 1.29 bits per heavy atom. The summed E-state index contributed by atoms with van der Waals surface area (Å²) in [5.41, 5.74) is 17.0. The molecular formula is C47H25BN2O2. The third-order valence-electron chi connectivity index (χ3n) is 12.3. The first kappa shape index (κ1) is 26.1. The summed E-state index contributed by atoms with van der Waals surface area (Å²) in [6, 6.07) is 51.5. The van der Waals surface area contributed by atoms with Gasteiger partial charge in [0.1, 0.15) is 23.5 Å². The van der Waals surface area contributed by atoms with Gasteiger partial charge in [0, 0.05) is 60.7 Å². The number of para-hydroxylation sites is 3. The Balaban J connectivity index is 1.18. The van der Waals surface area contributed by atoms with Crippen molar-refractivity contribution in [2.24, 2.45) is 0 Å². The number of nitrogens with zero attached hydrogens (tertiary/aromatic N) is 2. The fourth-order valence-corrected chi connectivity index (χ4v) is 10.4. The summed E-state index contributed by atoms with van der Waals surface area (Å²) < 4.78 is 18.3. The van der Waals surface area contributed by atoms with Gasteiger partial charge in [-0.15, -0.1) is 0 Å². The molecule has 11 aromatic rings. The lowest BCUT2D eigenvalue weighted by Gasteiger charge is -2.34. The van der Waals surface area contributed by atoms with E-state index < -0.39 is 0 Å². The molecule has 0 bridgehead atoms. The fraction of sp³-hybridized carbons (Fsp3) is 0.0213. The van der Waals surface area contributed by atoms with Crippen LogP contribution in [0.2, 0.25) is 0 Å². The first-order chi connectivity index (χ1) is 25.8. The van der Waals surface area contributed by atoms with Crippen LogP contribution in [0.1, 0.15) is 5.56 Å². The lowest BCUT2D eigenvalue weighted by Crippen LogP contribution is -2.59. The highest BCUT2D eigenvalue weighted by Gasteiger charge is 2.42. The lowest BCUT2D eigenvalue weighted by atomic mass is 9.34. The Morgan fingerprint density at radius 3 is 2.21 bits per heavy atom. The largest absolute Gasteiger partial charge is 0.487 e. The monoisotopic (exact) mass is 660 g/mol. The van der Waals surface area contributed by atoms with Crippen molar-refractivity contribution in [3.63, 3.8) is 0 Å². The predicted octanol–water partition coefficient (Wildman–Crippen LogP) is 9.64. The molecule has 238 valence electrons. The van der Waals surface area contributed by atoms with E-state index in [4.69, 9.17) is 9.15 Å². The van der Waals surface area contributed by atoms with Crippen LogP contribution in [0, 0.1) is 0 Å². The van der Waals surface area contributed by atoms with Crippen LogP contribution in [-0.4, -0.2) is 15.8 Å². The van der Waals surface area contributed by atoms with Crippen LogP contribution in [0.5, 0.6) is 5.75 Å². The van der Waals surface area contributed by atoms with Gasteiger partial charge in [-0.3, -0.25) is 0 Å². The molecule has 0 N–H and O–H groups in total. The molecule has 8 aromatic carbocycles. The summed E-state index contributed by atoms with van der Waals surface area (Å²) >= 11 is 0. The first-order valence-electron chi connectivity index (χ1n) is 18.1. The van der Waals surface area contributed by atoms with Gasteiger partial charge in [-0.05, 0) is 63.2 Å². The van der Waals surface area contributed by atoms with Gasteiger partial charge < -0.3 is 18.3 Å². The number of benzene rings is 8. The van der Waals surface area contributed by atoms with E-state index in [0.29, 0.717) is 6.61 Å². The minimum Gasteiger partial charge on any atom is -0.487 e. The second-order valence-corrected chi connectivity index (χ2v) is 14.7. The van der Waals surface area contributed by atoms with E-state index in [9.17, 15) is 0 Å². The van der Waals surface area contributed by atoms with Crippen molar-refractivity contribution in [2.75, 3.05) is 0 Å². The SMILES string of the molecule is c1ccc2c(c1)COc1c-2ccc2c1c1cccc3c1n2-c1c2c(cc4ccccc14)-n1c4cc5oc6ccccc6c5cc4c4cccc(c41)B23. The van der Waals surface area contributed by atoms with E-state index in [0.717, 1.165) is 27.7 Å². The number of fused-ring (bicyclic) bond motifs is 19. The number of rotatable bonds is 0. The first-order valence-corrected chi connectivity index (χ1v) is 18.1. The van der Waals surface area contributed by atoms with Crippen LogP contribution in [0.25, 0.3) is 98.8 Å². The van der Waals surface area contributed by atoms with Crippen molar-refractivity contribution >= 4 is 99.4 Å². The average molecular weight is 661 g/mol. The number of hydrogen-bond acceptors (Lipinski definition) is 2. The van der Waals surface area contributed by atoms with Crippen molar-refractivity contribution in [3.8, 4) is 28.3 Å². The molecule has 3 aromatic heterocycles. The average Bonchev–Trinajstić information content (AvgIpc) is 3.85. The summed E-state index contributed by atoms with van der Waals surface area (Å²) in [4.78, 5) is 0. The third kappa shape index (κ3) is 2.87. The molecule has 0 fully saturated rings. The maximum atomic E-state index is 6.72. The van der Waals surface area contributed by atoms with E-state index in [1.54, 1.807) is 0 Å². The normalized spacial score (nSPS) is 13.8. The minimum absolute atomic E-state index is 0.0666.